The maximum atomic E-state index is 5.65. The van der Waals surface area contributed by atoms with Gasteiger partial charge in [-0.1, -0.05) is 0 Å². The maximum Gasteiger partial charge on any atom is 0.193 e. The Morgan fingerprint density at radius 2 is 2.40 bits per heavy atom. The summed E-state index contributed by atoms with van der Waals surface area (Å²) in [4.78, 5) is 10.4. The molecule has 1 aromatic rings. The average Bonchev–Trinajstić information content (AvgIpc) is 3.14. The van der Waals surface area contributed by atoms with E-state index in [2.05, 4.69) is 20.2 Å². The van der Waals surface area contributed by atoms with E-state index in [9.17, 15) is 0 Å². The van der Waals surface area contributed by atoms with Crippen LogP contribution in [-0.4, -0.2) is 60.8 Å². The van der Waals surface area contributed by atoms with Crippen molar-refractivity contribution in [3.63, 3.8) is 0 Å². The van der Waals surface area contributed by atoms with Crippen LogP contribution in [0.15, 0.2) is 23.7 Å². The summed E-state index contributed by atoms with van der Waals surface area (Å²) >= 11 is 0. The largest absolute Gasteiger partial charge is 0.379 e. The Labute approximate surface area is 120 Å². The Balaban J connectivity index is 1.59. The zero-order valence-electron chi connectivity index (χ0n) is 12.5. The van der Waals surface area contributed by atoms with Crippen molar-refractivity contribution in [1.29, 1.82) is 0 Å². The van der Waals surface area contributed by atoms with E-state index in [-0.39, 0.29) is 0 Å². The van der Waals surface area contributed by atoms with Crippen molar-refractivity contribution in [3.8, 4) is 0 Å². The number of nitrogens with zero attached hydrogens (tertiary/aromatic N) is 4. The van der Waals surface area contributed by atoms with Gasteiger partial charge in [0, 0.05) is 52.7 Å². The normalized spacial score (nSPS) is 15.4. The zero-order chi connectivity index (χ0) is 14.2. The summed E-state index contributed by atoms with van der Waals surface area (Å²) in [5.41, 5.74) is 0. The summed E-state index contributed by atoms with van der Waals surface area (Å²) in [7, 11) is 3.84. The first-order valence-electron chi connectivity index (χ1n) is 7.25. The van der Waals surface area contributed by atoms with E-state index in [1.165, 1.54) is 12.8 Å². The summed E-state index contributed by atoms with van der Waals surface area (Å²) in [5.74, 6) is 1.73. The summed E-state index contributed by atoms with van der Waals surface area (Å²) < 4.78 is 7.69. The van der Waals surface area contributed by atoms with Crippen molar-refractivity contribution >= 4 is 5.96 Å². The minimum absolute atomic E-state index is 0.759. The van der Waals surface area contributed by atoms with Gasteiger partial charge in [-0.15, -0.1) is 0 Å². The number of likely N-dealkylation sites (N-methyl/N-ethyl adjacent to an activating group) is 1. The molecule has 0 aliphatic heterocycles. The fourth-order valence-corrected chi connectivity index (χ4v) is 1.94. The third kappa shape index (κ3) is 5.21. The van der Waals surface area contributed by atoms with Gasteiger partial charge in [0.05, 0.1) is 12.9 Å². The van der Waals surface area contributed by atoms with E-state index in [4.69, 9.17) is 4.74 Å². The third-order valence-electron chi connectivity index (χ3n) is 3.41. The summed E-state index contributed by atoms with van der Waals surface area (Å²) in [6, 6.07) is 0. The molecule has 0 saturated heterocycles. The number of imidazole rings is 1. The molecule has 0 bridgehead atoms. The van der Waals surface area contributed by atoms with E-state index in [0.717, 1.165) is 44.7 Å². The molecule has 0 spiro atoms. The zero-order valence-corrected chi connectivity index (χ0v) is 12.5. The average molecular weight is 279 g/mol. The highest BCUT2D eigenvalue weighted by Crippen LogP contribution is 2.28. The highest BCUT2D eigenvalue weighted by Gasteiger charge is 2.21. The molecule has 1 aliphatic rings. The standard InChI is InChI=1S/C14H25N5O/c1-15-14(17-6-8-19-7-5-16-12-19)18(2)9-10-20-11-13-3-4-13/h5,7,12-13H,3-4,6,8-11H2,1-2H3,(H,15,17). The lowest BCUT2D eigenvalue weighted by Crippen LogP contribution is -2.41. The van der Waals surface area contributed by atoms with Gasteiger partial charge in [0.25, 0.3) is 0 Å². The van der Waals surface area contributed by atoms with E-state index >= 15 is 0 Å². The SMILES string of the molecule is CN=C(NCCn1ccnc1)N(C)CCOCC1CC1. The van der Waals surface area contributed by atoms with E-state index in [1.54, 1.807) is 13.2 Å². The second-order valence-electron chi connectivity index (χ2n) is 5.21. The summed E-state index contributed by atoms with van der Waals surface area (Å²) in [6.45, 7) is 4.24. The number of ether oxygens (including phenoxy) is 1. The monoisotopic (exact) mass is 279 g/mol. The van der Waals surface area contributed by atoms with Crippen LogP contribution in [0.3, 0.4) is 0 Å². The van der Waals surface area contributed by atoms with Crippen molar-refractivity contribution in [1.82, 2.24) is 19.8 Å². The van der Waals surface area contributed by atoms with Crippen molar-refractivity contribution in [2.75, 3.05) is 40.4 Å². The number of hydrogen-bond acceptors (Lipinski definition) is 3. The maximum absolute atomic E-state index is 5.65. The van der Waals surface area contributed by atoms with Crippen LogP contribution < -0.4 is 5.32 Å². The molecule has 112 valence electrons. The summed E-state index contributed by atoms with van der Waals surface area (Å²) in [6.07, 6.45) is 8.25. The molecule has 6 heteroatoms. The van der Waals surface area contributed by atoms with E-state index < -0.39 is 0 Å². The van der Waals surface area contributed by atoms with Gasteiger partial charge in [-0.2, -0.15) is 0 Å². The second kappa shape index (κ2) is 7.89. The predicted molar refractivity (Wildman–Crippen MR) is 79.8 cm³/mol. The van der Waals surface area contributed by atoms with Crippen LogP contribution in [-0.2, 0) is 11.3 Å². The number of aromatic nitrogens is 2. The van der Waals surface area contributed by atoms with Crippen LogP contribution in [0, 0.1) is 5.92 Å². The molecule has 2 rings (SSSR count). The Kier molecular flexibility index (Phi) is 5.86. The van der Waals surface area contributed by atoms with Gasteiger partial charge in [-0.3, -0.25) is 4.99 Å². The Bertz CT molecular complexity index is 400. The minimum Gasteiger partial charge on any atom is -0.379 e. The second-order valence-corrected chi connectivity index (χ2v) is 5.21. The molecule has 0 atom stereocenters. The smallest absolute Gasteiger partial charge is 0.193 e. The molecular weight excluding hydrogens is 254 g/mol. The highest BCUT2D eigenvalue weighted by molar-refractivity contribution is 5.79. The molecule has 1 saturated carbocycles. The number of hydrogen-bond donors (Lipinski definition) is 1. The molecule has 6 nitrogen and oxygen atoms in total. The molecule has 1 aliphatic carbocycles. The first kappa shape index (κ1) is 14.8. The minimum atomic E-state index is 0.759. The van der Waals surface area contributed by atoms with Gasteiger partial charge < -0.3 is 19.5 Å². The number of rotatable bonds is 8. The molecule has 1 aromatic heterocycles. The van der Waals surface area contributed by atoms with Crippen LogP contribution in [0.5, 0.6) is 0 Å². The molecule has 0 radical (unpaired) electrons. The Morgan fingerprint density at radius 3 is 3.05 bits per heavy atom. The Morgan fingerprint density at radius 1 is 1.55 bits per heavy atom. The fourth-order valence-electron chi connectivity index (χ4n) is 1.94. The van der Waals surface area contributed by atoms with Gasteiger partial charge in [0.15, 0.2) is 5.96 Å². The molecule has 1 N–H and O–H groups in total. The molecular formula is C14H25N5O. The first-order chi connectivity index (χ1) is 9.79. The van der Waals surface area contributed by atoms with E-state index in [0.29, 0.717) is 0 Å². The quantitative estimate of drug-likeness (QED) is 0.435. The Hall–Kier alpha value is -1.56. The van der Waals surface area contributed by atoms with Crippen LogP contribution in [0.4, 0.5) is 0 Å². The third-order valence-corrected chi connectivity index (χ3v) is 3.41. The number of nitrogens with one attached hydrogen (secondary N) is 1. The highest BCUT2D eigenvalue weighted by atomic mass is 16.5. The number of guanidine groups is 1. The predicted octanol–water partition coefficient (Wildman–Crippen LogP) is 0.817. The fraction of sp³-hybridized carbons (Fsp3) is 0.714. The topological polar surface area (TPSA) is 54.7 Å². The van der Waals surface area contributed by atoms with Crippen molar-refractivity contribution in [2.45, 2.75) is 19.4 Å². The van der Waals surface area contributed by atoms with Crippen molar-refractivity contribution in [3.05, 3.63) is 18.7 Å². The molecule has 20 heavy (non-hydrogen) atoms. The van der Waals surface area contributed by atoms with Crippen molar-refractivity contribution < 1.29 is 4.74 Å². The van der Waals surface area contributed by atoms with Crippen molar-refractivity contribution in [2.24, 2.45) is 10.9 Å². The summed E-state index contributed by atoms with van der Waals surface area (Å²) in [5, 5.41) is 3.34. The van der Waals surface area contributed by atoms with Crippen LogP contribution >= 0.6 is 0 Å². The first-order valence-corrected chi connectivity index (χ1v) is 7.25. The lowest BCUT2D eigenvalue weighted by molar-refractivity contribution is 0.115. The molecule has 0 aromatic carbocycles. The van der Waals surface area contributed by atoms with Crippen LogP contribution in [0.2, 0.25) is 0 Å². The van der Waals surface area contributed by atoms with Crippen LogP contribution in [0.25, 0.3) is 0 Å². The van der Waals surface area contributed by atoms with Crippen LogP contribution in [0.1, 0.15) is 12.8 Å². The van der Waals surface area contributed by atoms with E-state index in [1.807, 2.05) is 24.1 Å². The van der Waals surface area contributed by atoms with Gasteiger partial charge in [-0.05, 0) is 18.8 Å². The molecule has 0 amide bonds. The molecule has 1 heterocycles. The van der Waals surface area contributed by atoms with Gasteiger partial charge in [-0.25, -0.2) is 4.98 Å². The van der Waals surface area contributed by atoms with Gasteiger partial charge in [0.2, 0.25) is 0 Å². The molecule has 0 unspecified atom stereocenters. The lowest BCUT2D eigenvalue weighted by Gasteiger charge is -2.22. The van der Waals surface area contributed by atoms with Gasteiger partial charge in [0.1, 0.15) is 0 Å². The lowest BCUT2D eigenvalue weighted by atomic mass is 10.5. The molecule has 1 fully saturated rings. The number of aliphatic imine (C=N–C) groups is 1. The van der Waals surface area contributed by atoms with Gasteiger partial charge >= 0.3 is 0 Å².